The van der Waals surface area contributed by atoms with Crippen LogP contribution in [0.15, 0.2) is 243 Å². The fourth-order valence-electron chi connectivity index (χ4n) is 9.23. The Morgan fingerprint density at radius 2 is 0.493 bits per heavy atom. The van der Waals surface area contributed by atoms with E-state index in [0.29, 0.717) is 52.4 Å². The Bertz CT molecular complexity index is 3940. The Hall–Kier alpha value is -10.2. The van der Waals surface area contributed by atoms with E-state index in [0.717, 1.165) is 77.6 Å². The molecule has 0 aliphatic rings. The minimum Gasteiger partial charge on any atom is -0.309 e. The largest absolute Gasteiger partial charge is 0.309 e. The van der Waals surface area contributed by atoms with Gasteiger partial charge < -0.3 is 4.57 Å². The molecule has 0 aliphatic carbocycles. The molecule has 13 rings (SSSR count). The second-order valence-electron chi connectivity index (χ2n) is 17.4. The third-order valence-corrected chi connectivity index (χ3v) is 12.8. The maximum absolute atomic E-state index is 5.30. The van der Waals surface area contributed by atoms with Gasteiger partial charge in [0.2, 0.25) is 0 Å². The van der Waals surface area contributed by atoms with Crippen LogP contribution in [0.2, 0.25) is 0 Å². The van der Waals surface area contributed by atoms with Crippen LogP contribution in [0.25, 0.3) is 130 Å². The molecule has 0 amide bonds. The minimum absolute atomic E-state index is 0.486. The fourth-order valence-corrected chi connectivity index (χ4v) is 9.23. The van der Waals surface area contributed by atoms with Crippen molar-refractivity contribution in [3.63, 3.8) is 0 Å². The zero-order valence-corrected chi connectivity index (χ0v) is 39.1. The second-order valence-corrected chi connectivity index (χ2v) is 17.4. The van der Waals surface area contributed by atoms with E-state index in [1.807, 2.05) is 182 Å². The van der Waals surface area contributed by atoms with Gasteiger partial charge in [0.15, 0.2) is 52.4 Å². The van der Waals surface area contributed by atoms with E-state index in [9.17, 15) is 0 Å². The van der Waals surface area contributed by atoms with Crippen molar-refractivity contribution in [1.29, 1.82) is 0 Å². The Balaban J connectivity index is 1.05. The van der Waals surface area contributed by atoms with Gasteiger partial charge in [0.25, 0.3) is 0 Å². The van der Waals surface area contributed by atoms with Crippen LogP contribution >= 0.6 is 0 Å². The molecule has 0 atom stereocenters. The highest BCUT2D eigenvalue weighted by molar-refractivity contribution is 6.11. The van der Waals surface area contributed by atoms with Crippen LogP contribution in [-0.2, 0) is 0 Å². The Morgan fingerprint density at radius 3 is 0.877 bits per heavy atom. The van der Waals surface area contributed by atoms with Gasteiger partial charge in [-0.25, -0.2) is 44.9 Å². The molecular formula is C63H40N10. The molecule has 0 fully saturated rings. The van der Waals surface area contributed by atoms with E-state index in [2.05, 4.69) is 65.2 Å². The third kappa shape index (κ3) is 8.34. The Kier molecular flexibility index (Phi) is 10.9. The fraction of sp³-hybridized carbons (Fsp3) is 0. The summed E-state index contributed by atoms with van der Waals surface area (Å²) in [6, 6.07) is 81.3. The van der Waals surface area contributed by atoms with Gasteiger partial charge >= 0.3 is 0 Å². The summed E-state index contributed by atoms with van der Waals surface area (Å²) < 4.78 is 2.29. The average Bonchev–Trinajstić information content (AvgIpc) is 3.81. The van der Waals surface area contributed by atoms with Crippen LogP contribution in [0.1, 0.15) is 0 Å². The van der Waals surface area contributed by atoms with Crippen molar-refractivity contribution in [1.82, 2.24) is 49.4 Å². The Morgan fingerprint density at radius 1 is 0.205 bits per heavy atom. The lowest BCUT2D eigenvalue weighted by molar-refractivity contribution is 1.06. The standard InChI is InChI=1S/C63H40N10/c1-7-21-41(22-8-1)55-64-56(42-23-9-2-10-24-42)68-61(67-55)47-35-37-53-50(39-47)49-33-19-20-34-52(49)73(53)54-38-36-48(62-69-57(43-25-11-3-12-26-43)65-58(70-62)44-27-13-4-14-28-44)40-51(54)63-71-59(45-29-15-5-16-30-45)66-60(72-63)46-31-17-6-18-32-46/h1-40H. The summed E-state index contributed by atoms with van der Waals surface area (Å²) in [4.78, 5) is 46.1. The first-order chi connectivity index (χ1) is 36.2. The summed E-state index contributed by atoms with van der Waals surface area (Å²) in [7, 11) is 0. The van der Waals surface area contributed by atoms with Crippen LogP contribution in [0, 0.1) is 0 Å². The first kappa shape index (κ1) is 42.9. The predicted octanol–water partition coefficient (Wildman–Crippen LogP) is 14.3. The van der Waals surface area contributed by atoms with Gasteiger partial charge in [0.05, 0.1) is 16.7 Å². The average molecular weight is 937 g/mol. The van der Waals surface area contributed by atoms with Crippen LogP contribution in [0.3, 0.4) is 0 Å². The molecule has 0 radical (unpaired) electrons. The summed E-state index contributed by atoms with van der Waals surface area (Å²) in [6.07, 6.45) is 0. The molecule has 13 aromatic rings. The third-order valence-electron chi connectivity index (χ3n) is 12.8. The van der Waals surface area contributed by atoms with Crippen molar-refractivity contribution in [3.05, 3.63) is 243 Å². The van der Waals surface area contributed by atoms with Gasteiger partial charge in [-0.2, -0.15) is 0 Å². The van der Waals surface area contributed by atoms with E-state index >= 15 is 0 Å². The molecule has 342 valence electrons. The number of fused-ring (bicyclic) bond motifs is 3. The molecule has 4 aromatic heterocycles. The highest BCUT2D eigenvalue weighted by atomic mass is 15.1. The highest BCUT2D eigenvalue weighted by Crippen LogP contribution is 2.40. The van der Waals surface area contributed by atoms with E-state index in [-0.39, 0.29) is 0 Å². The molecule has 73 heavy (non-hydrogen) atoms. The number of nitrogens with zero attached hydrogens (tertiary/aromatic N) is 10. The van der Waals surface area contributed by atoms with Crippen LogP contribution in [-0.4, -0.2) is 49.4 Å². The molecule has 4 heterocycles. The molecule has 0 unspecified atom stereocenters. The molecule has 0 spiro atoms. The van der Waals surface area contributed by atoms with Gasteiger partial charge in [-0.1, -0.05) is 200 Å². The Labute approximate surface area is 420 Å². The molecule has 10 heteroatoms. The zero-order valence-electron chi connectivity index (χ0n) is 39.1. The molecule has 0 saturated carbocycles. The molecule has 0 saturated heterocycles. The van der Waals surface area contributed by atoms with Crippen LogP contribution in [0.5, 0.6) is 0 Å². The number of hydrogen-bond donors (Lipinski definition) is 0. The number of para-hydroxylation sites is 1. The van der Waals surface area contributed by atoms with E-state index < -0.39 is 0 Å². The molecule has 10 nitrogen and oxygen atoms in total. The second kappa shape index (κ2) is 18.6. The van der Waals surface area contributed by atoms with Gasteiger partial charge in [-0.05, 0) is 42.5 Å². The molecule has 0 aliphatic heterocycles. The first-order valence-electron chi connectivity index (χ1n) is 24.0. The van der Waals surface area contributed by atoms with Gasteiger partial charge in [0.1, 0.15) is 0 Å². The van der Waals surface area contributed by atoms with Gasteiger partial charge in [0, 0.05) is 60.8 Å². The summed E-state index contributed by atoms with van der Waals surface area (Å²) in [5.74, 6) is 5.00. The van der Waals surface area contributed by atoms with Crippen molar-refractivity contribution >= 4 is 21.8 Å². The number of rotatable bonds is 10. The molecule has 9 aromatic carbocycles. The molecule has 0 N–H and O–H groups in total. The highest BCUT2D eigenvalue weighted by Gasteiger charge is 2.23. The lowest BCUT2D eigenvalue weighted by Gasteiger charge is -2.16. The minimum atomic E-state index is 0.486. The van der Waals surface area contributed by atoms with Crippen LogP contribution < -0.4 is 0 Å². The lowest BCUT2D eigenvalue weighted by Crippen LogP contribution is -2.05. The predicted molar refractivity (Wildman–Crippen MR) is 290 cm³/mol. The van der Waals surface area contributed by atoms with Gasteiger partial charge in [-0.3, -0.25) is 0 Å². The number of aromatic nitrogens is 10. The van der Waals surface area contributed by atoms with E-state index in [4.69, 9.17) is 44.9 Å². The topological polar surface area (TPSA) is 121 Å². The number of benzene rings is 9. The molecule has 0 bridgehead atoms. The first-order valence-corrected chi connectivity index (χ1v) is 24.0. The van der Waals surface area contributed by atoms with Crippen molar-refractivity contribution < 1.29 is 0 Å². The van der Waals surface area contributed by atoms with Crippen molar-refractivity contribution in [2.24, 2.45) is 0 Å². The van der Waals surface area contributed by atoms with E-state index in [1.54, 1.807) is 0 Å². The lowest BCUT2D eigenvalue weighted by atomic mass is 10.1. The van der Waals surface area contributed by atoms with Crippen molar-refractivity contribution in [2.45, 2.75) is 0 Å². The van der Waals surface area contributed by atoms with Crippen molar-refractivity contribution in [2.75, 3.05) is 0 Å². The number of hydrogen-bond acceptors (Lipinski definition) is 9. The summed E-state index contributed by atoms with van der Waals surface area (Å²) in [5, 5.41) is 2.08. The van der Waals surface area contributed by atoms with E-state index in [1.165, 1.54) is 0 Å². The SMILES string of the molecule is c1ccc(-c2nc(-c3ccccc3)nc(-c3ccc(-n4c5ccccc5c5cc(-c6nc(-c7ccccc7)nc(-c7ccccc7)n6)ccc54)c(-c4nc(-c5ccccc5)nc(-c5ccccc5)n4)c3)n2)cc1. The zero-order chi connectivity index (χ0) is 48.5. The summed E-state index contributed by atoms with van der Waals surface area (Å²) in [5.41, 5.74) is 10.5. The maximum atomic E-state index is 5.30. The van der Waals surface area contributed by atoms with Crippen LogP contribution in [0.4, 0.5) is 0 Å². The van der Waals surface area contributed by atoms with Crippen molar-refractivity contribution in [3.8, 4) is 108 Å². The maximum Gasteiger partial charge on any atom is 0.166 e. The quantitative estimate of drug-likeness (QED) is 0.132. The normalized spacial score (nSPS) is 11.3. The molecular weight excluding hydrogens is 897 g/mol. The smallest absolute Gasteiger partial charge is 0.166 e. The summed E-state index contributed by atoms with van der Waals surface area (Å²) in [6.45, 7) is 0. The summed E-state index contributed by atoms with van der Waals surface area (Å²) >= 11 is 0. The monoisotopic (exact) mass is 936 g/mol. The van der Waals surface area contributed by atoms with Gasteiger partial charge in [-0.15, -0.1) is 0 Å².